The van der Waals surface area contributed by atoms with Crippen molar-refractivity contribution in [2.75, 3.05) is 6.61 Å². The molecule has 2 nitrogen and oxygen atoms in total. The molecule has 20 heavy (non-hydrogen) atoms. The van der Waals surface area contributed by atoms with E-state index in [1.54, 1.807) is 12.1 Å². The monoisotopic (exact) mass is 355 g/mol. The van der Waals surface area contributed by atoms with E-state index in [-0.39, 0.29) is 10.9 Å². The molecule has 2 aromatic rings. The summed E-state index contributed by atoms with van der Waals surface area (Å²) in [5.41, 5.74) is 7.66. The highest BCUT2D eigenvalue weighted by Gasteiger charge is 2.31. The first kappa shape index (κ1) is 13.9. The number of para-hydroxylation sites is 1. The second-order valence-corrected chi connectivity index (χ2v) is 5.98. The number of ether oxygens (including phenoxy) is 1. The minimum absolute atomic E-state index is 0.0603. The van der Waals surface area contributed by atoms with Crippen molar-refractivity contribution in [2.45, 2.75) is 12.0 Å². The second kappa shape index (κ2) is 5.35. The number of hydrogen-bond acceptors (Lipinski definition) is 2. The van der Waals surface area contributed by atoms with Crippen molar-refractivity contribution >= 4 is 27.5 Å². The number of hydrogen-bond donors (Lipinski definition) is 1. The van der Waals surface area contributed by atoms with Crippen molar-refractivity contribution in [2.24, 2.45) is 5.73 Å². The van der Waals surface area contributed by atoms with Crippen LogP contribution in [-0.2, 0) is 0 Å². The van der Waals surface area contributed by atoms with Crippen LogP contribution in [0.15, 0.2) is 40.9 Å². The number of halogens is 3. The van der Waals surface area contributed by atoms with Gasteiger partial charge in [-0.3, -0.25) is 0 Å². The van der Waals surface area contributed by atoms with E-state index in [1.807, 2.05) is 24.3 Å². The van der Waals surface area contributed by atoms with Gasteiger partial charge in [-0.05, 0) is 28.1 Å². The van der Waals surface area contributed by atoms with Crippen LogP contribution in [0.4, 0.5) is 4.39 Å². The van der Waals surface area contributed by atoms with Gasteiger partial charge < -0.3 is 10.5 Å². The van der Waals surface area contributed by atoms with Crippen LogP contribution in [0.25, 0.3) is 0 Å². The quantitative estimate of drug-likeness (QED) is 0.809. The third-order valence-electron chi connectivity index (χ3n) is 3.59. The fraction of sp³-hybridized carbons (Fsp3) is 0.200. The Labute approximate surface area is 129 Å². The Kier molecular flexibility index (Phi) is 3.71. The predicted octanol–water partition coefficient (Wildman–Crippen LogP) is 4.42. The van der Waals surface area contributed by atoms with Crippen LogP contribution in [0.1, 0.15) is 23.1 Å². The van der Waals surface area contributed by atoms with E-state index in [9.17, 15) is 4.39 Å². The smallest absolute Gasteiger partial charge is 0.147 e. The van der Waals surface area contributed by atoms with Gasteiger partial charge in [0, 0.05) is 27.6 Å². The molecule has 1 aliphatic heterocycles. The summed E-state index contributed by atoms with van der Waals surface area (Å²) in [7, 11) is 0. The van der Waals surface area contributed by atoms with Gasteiger partial charge in [0.2, 0.25) is 0 Å². The van der Waals surface area contributed by atoms with Crippen LogP contribution >= 0.6 is 27.5 Å². The topological polar surface area (TPSA) is 35.2 Å². The lowest BCUT2D eigenvalue weighted by atomic mass is 9.89. The van der Waals surface area contributed by atoms with E-state index in [0.29, 0.717) is 16.6 Å². The number of fused-ring (bicyclic) bond motifs is 1. The van der Waals surface area contributed by atoms with Crippen LogP contribution in [0, 0.1) is 5.82 Å². The summed E-state index contributed by atoms with van der Waals surface area (Å²) in [6.45, 7) is 0.452. The second-order valence-electron chi connectivity index (χ2n) is 4.75. The Morgan fingerprint density at radius 1 is 1.30 bits per heavy atom. The molecule has 0 bridgehead atoms. The zero-order chi connectivity index (χ0) is 14.3. The number of nitrogens with two attached hydrogens (primary N) is 1. The highest BCUT2D eigenvalue weighted by atomic mass is 79.9. The maximum Gasteiger partial charge on any atom is 0.147 e. The van der Waals surface area contributed by atoms with Gasteiger partial charge in [0.15, 0.2) is 0 Å². The number of benzene rings is 2. The fourth-order valence-electron chi connectivity index (χ4n) is 2.50. The largest absolute Gasteiger partial charge is 0.493 e. The van der Waals surface area contributed by atoms with Crippen LogP contribution in [0.2, 0.25) is 5.02 Å². The molecule has 0 amide bonds. The van der Waals surface area contributed by atoms with E-state index in [2.05, 4.69) is 15.9 Å². The molecular formula is C15H12BrClFNO. The van der Waals surface area contributed by atoms with E-state index >= 15 is 0 Å². The third kappa shape index (κ3) is 2.22. The summed E-state index contributed by atoms with van der Waals surface area (Å²) in [4.78, 5) is 0. The summed E-state index contributed by atoms with van der Waals surface area (Å²) < 4.78 is 20.4. The van der Waals surface area contributed by atoms with E-state index in [0.717, 1.165) is 11.3 Å². The first-order chi connectivity index (χ1) is 9.59. The Bertz CT molecular complexity index is 664. The Morgan fingerprint density at radius 3 is 2.85 bits per heavy atom. The zero-order valence-corrected chi connectivity index (χ0v) is 12.8. The van der Waals surface area contributed by atoms with Gasteiger partial charge in [-0.2, -0.15) is 0 Å². The highest BCUT2D eigenvalue weighted by Crippen LogP contribution is 2.41. The molecule has 0 aliphatic carbocycles. The van der Waals surface area contributed by atoms with Crippen LogP contribution < -0.4 is 10.5 Å². The van der Waals surface area contributed by atoms with Crippen LogP contribution in [-0.4, -0.2) is 6.61 Å². The molecule has 3 rings (SSSR count). The zero-order valence-electron chi connectivity index (χ0n) is 10.4. The standard InChI is InChI=1S/C15H12BrClFNO/c16-11-6-5-9(14(18)13(11)17)15(19)10-7-20-12-4-2-1-3-8(10)12/h1-6,10,15H,7,19H2. The molecule has 0 radical (unpaired) electrons. The van der Waals surface area contributed by atoms with Crippen LogP contribution in [0.5, 0.6) is 5.75 Å². The highest BCUT2D eigenvalue weighted by molar-refractivity contribution is 9.10. The summed E-state index contributed by atoms with van der Waals surface area (Å²) in [6.07, 6.45) is 0. The molecule has 1 aliphatic rings. The molecular weight excluding hydrogens is 345 g/mol. The maximum absolute atomic E-state index is 14.3. The Hall–Kier alpha value is -1.10. The van der Waals surface area contributed by atoms with Crippen molar-refractivity contribution in [3.05, 3.63) is 62.8 Å². The molecule has 1 heterocycles. The molecule has 0 saturated heterocycles. The van der Waals surface area contributed by atoms with E-state index in [4.69, 9.17) is 22.1 Å². The Balaban J connectivity index is 1.99. The van der Waals surface area contributed by atoms with E-state index in [1.165, 1.54) is 0 Å². The first-order valence-corrected chi connectivity index (χ1v) is 7.37. The molecule has 0 aromatic heterocycles. The molecule has 2 unspecified atom stereocenters. The van der Waals surface area contributed by atoms with Crippen molar-refractivity contribution in [1.82, 2.24) is 0 Å². The van der Waals surface area contributed by atoms with Crippen molar-refractivity contribution in [1.29, 1.82) is 0 Å². The molecule has 5 heteroatoms. The summed E-state index contributed by atoms with van der Waals surface area (Å²) in [6, 6.07) is 10.6. The van der Waals surface area contributed by atoms with Crippen molar-refractivity contribution in [3.8, 4) is 5.75 Å². The molecule has 0 fully saturated rings. The molecule has 2 atom stereocenters. The van der Waals surface area contributed by atoms with Gasteiger partial charge in [-0.25, -0.2) is 4.39 Å². The predicted molar refractivity (Wildman–Crippen MR) is 80.7 cm³/mol. The lowest BCUT2D eigenvalue weighted by Crippen LogP contribution is -2.22. The SMILES string of the molecule is NC(c1ccc(Br)c(Cl)c1F)C1COc2ccccc21. The third-order valence-corrected chi connectivity index (χ3v) is 4.85. The normalized spacial score (nSPS) is 18.5. The average molecular weight is 357 g/mol. The molecule has 104 valence electrons. The lowest BCUT2D eigenvalue weighted by molar-refractivity contribution is 0.313. The van der Waals surface area contributed by atoms with Crippen LogP contribution in [0.3, 0.4) is 0 Å². The fourth-order valence-corrected chi connectivity index (χ4v) is 2.98. The summed E-state index contributed by atoms with van der Waals surface area (Å²) in [5, 5.41) is 0.0603. The van der Waals surface area contributed by atoms with Gasteiger partial charge in [0.1, 0.15) is 11.6 Å². The molecule has 2 aromatic carbocycles. The molecule has 0 saturated carbocycles. The lowest BCUT2D eigenvalue weighted by Gasteiger charge is -2.20. The number of rotatable bonds is 2. The van der Waals surface area contributed by atoms with E-state index < -0.39 is 11.9 Å². The minimum atomic E-state index is -0.496. The van der Waals surface area contributed by atoms with Crippen molar-refractivity contribution in [3.63, 3.8) is 0 Å². The first-order valence-electron chi connectivity index (χ1n) is 6.20. The minimum Gasteiger partial charge on any atom is -0.493 e. The van der Waals surface area contributed by atoms with Crippen molar-refractivity contribution < 1.29 is 9.13 Å². The summed E-state index contributed by atoms with van der Waals surface area (Å²) >= 11 is 9.13. The molecule has 2 N–H and O–H groups in total. The van der Waals surface area contributed by atoms with Gasteiger partial charge in [-0.1, -0.05) is 35.9 Å². The molecule has 0 spiro atoms. The average Bonchev–Trinajstić information content (AvgIpc) is 2.88. The maximum atomic E-state index is 14.3. The summed E-state index contributed by atoms with van der Waals surface area (Å²) in [5.74, 6) is 0.271. The van der Waals surface area contributed by atoms with Gasteiger partial charge in [0.25, 0.3) is 0 Å². The van der Waals surface area contributed by atoms with Gasteiger partial charge >= 0.3 is 0 Å². The van der Waals surface area contributed by atoms with Gasteiger partial charge in [0.05, 0.1) is 11.6 Å². The van der Waals surface area contributed by atoms with Gasteiger partial charge in [-0.15, -0.1) is 0 Å². The Morgan fingerprint density at radius 2 is 2.05 bits per heavy atom.